The highest BCUT2D eigenvalue weighted by atomic mass is 127. The van der Waals surface area contributed by atoms with E-state index in [9.17, 15) is 4.39 Å². The maximum atomic E-state index is 13.4. The summed E-state index contributed by atoms with van der Waals surface area (Å²) in [5.74, 6) is 0.390. The predicted octanol–water partition coefficient (Wildman–Crippen LogP) is 3.96. The van der Waals surface area contributed by atoms with Crippen LogP contribution in [0.1, 0.15) is 57.6 Å². The van der Waals surface area contributed by atoms with Crippen LogP contribution in [0.3, 0.4) is 0 Å². The second-order valence-electron chi connectivity index (χ2n) is 5.82. The summed E-state index contributed by atoms with van der Waals surface area (Å²) in [7, 11) is 0. The zero-order valence-corrected chi connectivity index (χ0v) is 17.3. The molecular weight excluding hydrogens is 420 g/mol. The van der Waals surface area contributed by atoms with Crippen LogP contribution in [0.4, 0.5) is 4.39 Å². The molecule has 0 saturated carbocycles. The van der Waals surface area contributed by atoms with Crippen LogP contribution in [-0.4, -0.2) is 23.7 Å². The molecule has 0 spiro atoms. The lowest BCUT2D eigenvalue weighted by molar-refractivity contribution is 0.275. The molecule has 0 aliphatic carbocycles. The number of hydrogen-bond acceptors (Lipinski definition) is 2. The van der Waals surface area contributed by atoms with E-state index in [1.165, 1.54) is 25.3 Å². The highest BCUT2D eigenvalue weighted by Crippen LogP contribution is 2.11. The second-order valence-corrected chi connectivity index (χ2v) is 5.82. The van der Waals surface area contributed by atoms with Gasteiger partial charge in [0, 0.05) is 18.2 Å². The molecule has 6 heteroatoms. The Kier molecular flexibility index (Phi) is 12.9. The molecule has 0 radical (unpaired) electrons. The van der Waals surface area contributed by atoms with Crippen LogP contribution in [0, 0.1) is 5.82 Å². The molecule has 0 bridgehead atoms. The minimum absolute atomic E-state index is 0. The van der Waals surface area contributed by atoms with Crippen LogP contribution >= 0.6 is 24.0 Å². The third kappa shape index (κ3) is 8.82. The van der Waals surface area contributed by atoms with Gasteiger partial charge < -0.3 is 15.7 Å². The lowest BCUT2D eigenvalue weighted by Gasteiger charge is -2.17. The van der Waals surface area contributed by atoms with Gasteiger partial charge in [0.25, 0.3) is 0 Å². The standard InChI is InChI=1S/C18H30FN3O.HI/c1-4-6-7-8-14(3)22-18(20-5-2)21-12-15-9-10-17(19)16(11-15)13-23;/h9-11,14,23H,4-8,12-13H2,1-3H3,(H2,20,21,22);1H. The third-order valence-electron chi connectivity index (χ3n) is 3.67. The first-order chi connectivity index (χ1) is 11.1. The fourth-order valence-electron chi connectivity index (χ4n) is 2.34. The smallest absolute Gasteiger partial charge is 0.191 e. The summed E-state index contributed by atoms with van der Waals surface area (Å²) in [5, 5.41) is 15.8. The van der Waals surface area contributed by atoms with E-state index in [4.69, 9.17) is 5.11 Å². The van der Waals surface area contributed by atoms with E-state index in [0.29, 0.717) is 18.2 Å². The van der Waals surface area contributed by atoms with Crippen LogP contribution in [-0.2, 0) is 13.2 Å². The van der Waals surface area contributed by atoms with Crippen molar-refractivity contribution in [2.24, 2.45) is 4.99 Å². The molecule has 0 aromatic heterocycles. The van der Waals surface area contributed by atoms with Gasteiger partial charge >= 0.3 is 0 Å². The summed E-state index contributed by atoms with van der Waals surface area (Å²) in [5.41, 5.74) is 1.19. The average molecular weight is 451 g/mol. The molecule has 1 rings (SSSR count). The molecule has 0 saturated heterocycles. The molecule has 138 valence electrons. The lowest BCUT2D eigenvalue weighted by Crippen LogP contribution is -2.42. The van der Waals surface area contributed by atoms with Crippen LogP contribution in [0.15, 0.2) is 23.2 Å². The molecule has 0 heterocycles. The maximum Gasteiger partial charge on any atom is 0.191 e. The van der Waals surface area contributed by atoms with E-state index < -0.39 is 0 Å². The van der Waals surface area contributed by atoms with Gasteiger partial charge in [-0.2, -0.15) is 0 Å². The Morgan fingerprint density at radius 1 is 1.29 bits per heavy atom. The fraction of sp³-hybridized carbons (Fsp3) is 0.611. The molecule has 1 aromatic rings. The van der Waals surface area contributed by atoms with Crippen molar-refractivity contribution in [3.8, 4) is 0 Å². The SMILES string of the molecule is CCCCCC(C)NC(=NCc1ccc(F)c(CO)c1)NCC.I. The van der Waals surface area contributed by atoms with Crippen molar-refractivity contribution in [1.29, 1.82) is 0 Å². The zero-order chi connectivity index (χ0) is 17.1. The summed E-state index contributed by atoms with van der Waals surface area (Å²) in [6, 6.07) is 5.10. The summed E-state index contributed by atoms with van der Waals surface area (Å²) in [4.78, 5) is 4.55. The van der Waals surface area contributed by atoms with Crippen LogP contribution in [0.2, 0.25) is 0 Å². The van der Waals surface area contributed by atoms with Crippen molar-refractivity contribution in [3.05, 3.63) is 35.1 Å². The van der Waals surface area contributed by atoms with E-state index in [1.54, 1.807) is 12.1 Å². The minimum atomic E-state index is -0.380. The van der Waals surface area contributed by atoms with Gasteiger partial charge in [0.15, 0.2) is 5.96 Å². The average Bonchev–Trinajstić information content (AvgIpc) is 2.54. The Morgan fingerprint density at radius 3 is 2.67 bits per heavy atom. The number of guanidine groups is 1. The Bertz CT molecular complexity index is 497. The molecule has 1 unspecified atom stereocenters. The number of aliphatic imine (C=N–C) groups is 1. The van der Waals surface area contributed by atoms with Crippen LogP contribution in [0.25, 0.3) is 0 Å². The van der Waals surface area contributed by atoms with Crippen LogP contribution in [0.5, 0.6) is 0 Å². The molecule has 1 atom stereocenters. The topological polar surface area (TPSA) is 56.7 Å². The summed E-state index contributed by atoms with van der Waals surface area (Å²) in [6.45, 7) is 7.33. The Balaban J connectivity index is 0.00000529. The Hall–Kier alpha value is -0.890. The maximum absolute atomic E-state index is 13.4. The zero-order valence-electron chi connectivity index (χ0n) is 14.9. The summed E-state index contributed by atoms with van der Waals surface area (Å²) >= 11 is 0. The fourth-order valence-corrected chi connectivity index (χ4v) is 2.34. The van der Waals surface area contributed by atoms with Crippen molar-refractivity contribution in [1.82, 2.24) is 10.6 Å². The third-order valence-corrected chi connectivity index (χ3v) is 3.67. The summed E-state index contributed by atoms with van der Waals surface area (Å²) < 4.78 is 13.4. The monoisotopic (exact) mass is 451 g/mol. The van der Waals surface area contributed by atoms with Gasteiger partial charge in [0.1, 0.15) is 5.82 Å². The second kappa shape index (κ2) is 13.4. The van der Waals surface area contributed by atoms with Crippen molar-refractivity contribution in [2.45, 2.75) is 65.6 Å². The molecule has 0 aliphatic heterocycles. The quantitative estimate of drug-likeness (QED) is 0.231. The number of aliphatic hydroxyl groups excluding tert-OH is 1. The van der Waals surface area contributed by atoms with E-state index in [-0.39, 0.29) is 36.4 Å². The minimum Gasteiger partial charge on any atom is -0.392 e. The number of aliphatic hydroxyl groups is 1. The number of rotatable bonds is 9. The highest BCUT2D eigenvalue weighted by molar-refractivity contribution is 14.0. The molecule has 0 amide bonds. The Labute approximate surface area is 162 Å². The Morgan fingerprint density at radius 2 is 2.04 bits per heavy atom. The van der Waals surface area contributed by atoms with E-state index in [2.05, 4.69) is 29.5 Å². The summed E-state index contributed by atoms with van der Waals surface area (Å²) in [6.07, 6.45) is 4.79. The highest BCUT2D eigenvalue weighted by Gasteiger charge is 2.06. The lowest BCUT2D eigenvalue weighted by atomic mass is 10.1. The number of nitrogens with one attached hydrogen (secondary N) is 2. The van der Waals surface area contributed by atoms with Crippen molar-refractivity contribution in [3.63, 3.8) is 0 Å². The van der Waals surface area contributed by atoms with E-state index in [0.717, 1.165) is 24.5 Å². The molecule has 0 fully saturated rings. The normalized spacial score (nSPS) is 12.5. The van der Waals surface area contributed by atoms with Crippen molar-refractivity contribution in [2.75, 3.05) is 6.54 Å². The molecule has 24 heavy (non-hydrogen) atoms. The molecule has 0 aliphatic rings. The van der Waals surface area contributed by atoms with Gasteiger partial charge in [-0.05, 0) is 38.0 Å². The first kappa shape index (κ1) is 23.1. The molecule has 1 aromatic carbocycles. The van der Waals surface area contributed by atoms with Gasteiger partial charge in [-0.15, -0.1) is 24.0 Å². The van der Waals surface area contributed by atoms with Crippen molar-refractivity contribution >= 4 is 29.9 Å². The number of halogens is 2. The number of benzene rings is 1. The number of unbranched alkanes of at least 4 members (excludes halogenated alkanes) is 2. The van der Waals surface area contributed by atoms with Gasteiger partial charge in [0.05, 0.1) is 13.2 Å². The molecule has 4 nitrogen and oxygen atoms in total. The van der Waals surface area contributed by atoms with Crippen molar-refractivity contribution < 1.29 is 9.50 Å². The van der Waals surface area contributed by atoms with E-state index in [1.807, 2.05) is 6.92 Å². The molecular formula is C18H31FIN3O. The number of hydrogen-bond donors (Lipinski definition) is 3. The van der Waals surface area contributed by atoms with E-state index >= 15 is 0 Å². The van der Waals surface area contributed by atoms with Gasteiger partial charge in [-0.25, -0.2) is 9.38 Å². The first-order valence-corrected chi connectivity index (χ1v) is 8.53. The van der Waals surface area contributed by atoms with Crippen LogP contribution < -0.4 is 10.6 Å². The number of nitrogens with zero attached hydrogens (tertiary/aromatic N) is 1. The predicted molar refractivity (Wildman–Crippen MR) is 109 cm³/mol. The first-order valence-electron chi connectivity index (χ1n) is 8.53. The van der Waals surface area contributed by atoms with Gasteiger partial charge in [0.2, 0.25) is 0 Å². The van der Waals surface area contributed by atoms with Gasteiger partial charge in [-0.3, -0.25) is 0 Å². The largest absolute Gasteiger partial charge is 0.392 e. The van der Waals surface area contributed by atoms with Gasteiger partial charge in [-0.1, -0.05) is 32.3 Å². The molecule has 3 N–H and O–H groups in total.